The van der Waals surface area contributed by atoms with Crippen LogP contribution < -0.4 is 0 Å². The van der Waals surface area contributed by atoms with E-state index in [-0.39, 0.29) is 12.5 Å². The first-order valence-corrected chi connectivity index (χ1v) is 10.5. The predicted octanol–water partition coefficient (Wildman–Crippen LogP) is 1.82. The monoisotopic (exact) mass is 400 g/mol. The van der Waals surface area contributed by atoms with Gasteiger partial charge in [-0.25, -0.2) is 4.98 Å². The lowest BCUT2D eigenvalue weighted by Crippen LogP contribution is -2.47. The van der Waals surface area contributed by atoms with Gasteiger partial charge in [0.1, 0.15) is 17.2 Å². The molecule has 1 aliphatic carbocycles. The minimum atomic E-state index is -1.08. The molecule has 2 atom stereocenters. The zero-order valence-electron chi connectivity index (χ0n) is 17.1. The number of nitrogens with zero attached hydrogens (tertiary/aromatic N) is 4. The van der Waals surface area contributed by atoms with Crippen molar-refractivity contribution < 1.29 is 19.2 Å². The molecule has 2 aromatic rings. The topological polar surface area (TPSA) is 93.6 Å². The number of piperidine rings is 1. The van der Waals surface area contributed by atoms with Crippen molar-refractivity contribution in [2.45, 2.75) is 56.7 Å². The summed E-state index contributed by atoms with van der Waals surface area (Å²) in [7, 11) is 1.88. The van der Waals surface area contributed by atoms with Crippen molar-refractivity contribution in [2.75, 3.05) is 19.7 Å². The molecule has 8 heteroatoms. The molecule has 2 aliphatic heterocycles. The normalized spacial score (nSPS) is 28.7. The summed E-state index contributed by atoms with van der Waals surface area (Å²) < 4.78 is 13.4. The highest BCUT2D eigenvalue weighted by Gasteiger charge is 2.52. The Labute approximate surface area is 169 Å². The second kappa shape index (κ2) is 6.67. The molecule has 0 saturated carbocycles. The standard InChI is InChI=1S/C21H28N4O4/c1-14-3-4-16-15(11-14)17(23-29-16)18(26)25-8-5-20(6-9-25)12-21(27,13-28-20)19-22-7-10-24(19)2/h7,10,14,27H,3-6,8-9,11-13H2,1-2H3/t14-,21+/m1/s1. The van der Waals surface area contributed by atoms with Crippen molar-refractivity contribution in [1.29, 1.82) is 0 Å². The van der Waals surface area contributed by atoms with Crippen molar-refractivity contribution in [2.24, 2.45) is 13.0 Å². The van der Waals surface area contributed by atoms with E-state index in [9.17, 15) is 9.90 Å². The first kappa shape index (κ1) is 18.8. The van der Waals surface area contributed by atoms with Gasteiger partial charge >= 0.3 is 0 Å². The number of aliphatic hydroxyl groups is 1. The van der Waals surface area contributed by atoms with Gasteiger partial charge in [-0.2, -0.15) is 0 Å². The third-order valence-electron chi connectivity index (χ3n) is 6.92. The summed E-state index contributed by atoms with van der Waals surface area (Å²) >= 11 is 0. The van der Waals surface area contributed by atoms with E-state index in [1.54, 1.807) is 6.20 Å². The molecule has 1 amide bonds. The van der Waals surface area contributed by atoms with Gasteiger partial charge in [0.15, 0.2) is 5.69 Å². The second-order valence-electron chi connectivity index (χ2n) is 9.11. The highest BCUT2D eigenvalue weighted by molar-refractivity contribution is 5.94. The molecule has 156 valence electrons. The van der Waals surface area contributed by atoms with Crippen LogP contribution in [0, 0.1) is 5.92 Å². The molecule has 8 nitrogen and oxygen atoms in total. The summed E-state index contributed by atoms with van der Waals surface area (Å²) in [4.78, 5) is 19.3. The maximum atomic E-state index is 13.1. The quantitative estimate of drug-likeness (QED) is 0.826. The first-order valence-electron chi connectivity index (χ1n) is 10.5. The first-order chi connectivity index (χ1) is 13.9. The number of hydrogen-bond donors (Lipinski definition) is 1. The molecule has 1 N–H and O–H groups in total. The van der Waals surface area contributed by atoms with Crippen LogP contribution in [-0.2, 0) is 30.2 Å². The van der Waals surface area contributed by atoms with Crippen LogP contribution in [0.15, 0.2) is 16.9 Å². The van der Waals surface area contributed by atoms with Crippen molar-refractivity contribution >= 4 is 5.91 Å². The summed E-state index contributed by atoms with van der Waals surface area (Å²) in [6.45, 7) is 3.62. The third kappa shape index (κ3) is 3.09. The van der Waals surface area contributed by atoms with E-state index in [1.807, 2.05) is 22.7 Å². The van der Waals surface area contributed by atoms with E-state index in [0.29, 0.717) is 49.8 Å². The van der Waals surface area contributed by atoms with Crippen molar-refractivity contribution in [3.63, 3.8) is 0 Å². The van der Waals surface area contributed by atoms with Gasteiger partial charge in [0, 0.05) is 50.9 Å². The van der Waals surface area contributed by atoms with Gasteiger partial charge in [-0.1, -0.05) is 12.1 Å². The average Bonchev–Trinajstić information content (AvgIpc) is 3.40. The van der Waals surface area contributed by atoms with Gasteiger partial charge < -0.3 is 23.8 Å². The molecule has 2 saturated heterocycles. The Morgan fingerprint density at radius 1 is 1.34 bits per heavy atom. The van der Waals surface area contributed by atoms with Crippen LogP contribution in [0.5, 0.6) is 0 Å². The second-order valence-corrected chi connectivity index (χ2v) is 9.11. The summed E-state index contributed by atoms with van der Waals surface area (Å²) in [6.07, 6.45) is 8.22. The molecule has 3 aliphatic rings. The van der Waals surface area contributed by atoms with Crippen LogP contribution in [0.1, 0.15) is 60.2 Å². The maximum absolute atomic E-state index is 13.1. The average molecular weight is 400 g/mol. The number of fused-ring (bicyclic) bond motifs is 1. The SMILES string of the molecule is C[C@@H]1CCc2onc(C(=O)N3CCC4(CC3)C[C@@](O)(c3nccn3C)CO4)c2C1. The lowest BCUT2D eigenvalue weighted by molar-refractivity contribution is -0.0439. The molecule has 0 radical (unpaired) electrons. The van der Waals surface area contributed by atoms with Crippen molar-refractivity contribution in [3.05, 3.63) is 35.2 Å². The number of imidazole rings is 1. The number of aryl methyl sites for hydroxylation is 2. The molecule has 29 heavy (non-hydrogen) atoms. The Morgan fingerprint density at radius 2 is 2.14 bits per heavy atom. The fourth-order valence-corrected chi connectivity index (χ4v) is 5.20. The van der Waals surface area contributed by atoms with Crippen LogP contribution in [0.25, 0.3) is 0 Å². The van der Waals surface area contributed by atoms with Crippen LogP contribution >= 0.6 is 0 Å². The van der Waals surface area contributed by atoms with Crippen LogP contribution in [0.2, 0.25) is 0 Å². The van der Waals surface area contributed by atoms with Gasteiger partial charge in [0.05, 0.1) is 12.2 Å². The summed E-state index contributed by atoms with van der Waals surface area (Å²) in [6, 6.07) is 0. The van der Waals surface area contributed by atoms with Crippen LogP contribution in [0.4, 0.5) is 0 Å². The number of amides is 1. The predicted molar refractivity (Wildman–Crippen MR) is 103 cm³/mol. The van der Waals surface area contributed by atoms with Gasteiger partial charge in [0.25, 0.3) is 5.91 Å². The zero-order valence-corrected chi connectivity index (χ0v) is 17.1. The number of rotatable bonds is 2. The van der Waals surface area contributed by atoms with E-state index in [4.69, 9.17) is 9.26 Å². The Hall–Kier alpha value is -2.19. The fourth-order valence-electron chi connectivity index (χ4n) is 5.20. The summed E-state index contributed by atoms with van der Waals surface area (Å²) in [5, 5.41) is 15.2. The molecule has 0 unspecified atom stereocenters. The van der Waals surface area contributed by atoms with Gasteiger partial charge in [-0.3, -0.25) is 4.79 Å². The summed E-state index contributed by atoms with van der Waals surface area (Å²) in [5.74, 6) is 2.01. The summed E-state index contributed by atoms with van der Waals surface area (Å²) in [5.41, 5.74) is -0.00395. The smallest absolute Gasteiger partial charge is 0.276 e. The lowest BCUT2D eigenvalue weighted by Gasteiger charge is -2.38. The molecular weight excluding hydrogens is 372 g/mol. The van der Waals surface area contributed by atoms with Crippen molar-refractivity contribution in [1.82, 2.24) is 19.6 Å². The van der Waals surface area contributed by atoms with E-state index < -0.39 is 11.2 Å². The molecule has 0 aromatic carbocycles. The van der Waals surface area contributed by atoms with Gasteiger partial charge in [-0.15, -0.1) is 0 Å². The van der Waals surface area contributed by atoms with E-state index in [1.165, 1.54) is 0 Å². The largest absolute Gasteiger partial charge is 0.379 e. The third-order valence-corrected chi connectivity index (χ3v) is 6.92. The van der Waals surface area contributed by atoms with Crippen LogP contribution in [-0.4, -0.2) is 55.9 Å². The minimum Gasteiger partial charge on any atom is -0.379 e. The Bertz CT molecular complexity index is 927. The van der Waals surface area contributed by atoms with Crippen molar-refractivity contribution in [3.8, 4) is 0 Å². The highest BCUT2D eigenvalue weighted by atomic mass is 16.5. The number of carbonyl (C=O) groups excluding carboxylic acids is 1. The lowest BCUT2D eigenvalue weighted by atomic mass is 9.83. The number of aromatic nitrogens is 3. The van der Waals surface area contributed by atoms with Crippen LogP contribution in [0.3, 0.4) is 0 Å². The number of carbonyl (C=O) groups is 1. The molecule has 2 fully saturated rings. The minimum absolute atomic E-state index is 0.0451. The fraction of sp³-hybridized carbons (Fsp3) is 0.667. The Kier molecular flexibility index (Phi) is 4.33. The molecule has 5 rings (SSSR count). The molecular formula is C21H28N4O4. The highest BCUT2D eigenvalue weighted by Crippen LogP contribution is 2.45. The molecule has 2 aromatic heterocycles. The Morgan fingerprint density at radius 3 is 2.86 bits per heavy atom. The van der Waals surface area contributed by atoms with Gasteiger partial charge in [-0.05, 0) is 31.6 Å². The van der Waals surface area contributed by atoms with E-state index in [0.717, 1.165) is 30.6 Å². The maximum Gasteiger partial charge on any atom is 0.276 e. The Balaban J connectivity index is 1.27. The number of likely N-dealkylation sites (tertiary alicyclic amines) is 1. The molecule has 0 bridgehead atoms. The molecule has 1 spiro atoms. The zero-order chi connectivity index (χ0) is 20.2. The number of hydrogen-bond acceptors (Lipinski definition) is 6. The van der Waals surface area contributed by atoms with E-state index >= 15 is 0 Å². The number of ether oxygens (including phenoxy) is 1. The molecule has 4 heterocycles. The van der Waals surface area contributed by atoms with E-state index in [2.05, 4.69) is 17.1 Å². The van der Waals surface area contributed by atoms with Gasteiger partial charge in [0.2, 0.25) is 0 Å².